The van der Waals surface area contributed by atoms with Crippen molar-refractivity contribution in [2.24, 2.45) is 0 Å². The van der Waals surface area contributed by atoms with Gasteiger partial charge in [0.25, 0.3) is 0 Å². The van der Waals surface area contributed by atoms with E-state index in [1.807, 2.05) is 39.8 Å². The van der Waals surface area contributed by atoms with Gasteiger partial charge in [-0.05, 0) is 276 Å². The Balaban J connectivity index is 0.000000163. The number of likely N-dealkylation sites (tertiary alicyclic amines) is 1. The van der Waals surface area contributed by atoms with Crippen LogP contribution < -0.4 is 19.0 Å². The molecule has 141 heavy (non-hydrogen) atoms. The number of carbonyl (C=O) groups is 1. The van der Waals surface area contributed by atoms with Gasteiger partial charge in [0.15, 0.2) is 42.9 Å². The molecule has 11 aromatic carbocycles. The molecule has 2 aliphatic rings. The van der Waals surface area contributed by atoms with Crippen molar-refractivity contribution in [1.29, 1.82) is 0 Å². The second-order valence-electron chi connectivity index (χ2n) is 34.3. The van der Waals surface area contributed by atoms with Crippen molar-refractivity contribution in [1.82, 2.24) is 4.90 Å². The van der Waals surface area contributed by atoms with Crippen molar-refractivity contribution >= 4 is 190 Å². The molecule has 40 heteroatoms. The molecule has 2 fully saturated rings. The molecule has 5 heterocycles. The standard InChI is InChI=1S/C21H17O3S.2C20H17OS.C16H27N2O7S3.C15H23N2O7S3.C9H19N2O4S2/c22-13-14-24-21(23)15-9-11-16(12-10-15)25-19-7-3-1-5-17(19)18-6-2-4-8-20(18)25;2*21-14-13-15-9-11-16(12-10-15)22-19-7-3-1-5-17(19)18-6-2-4-8-20(18)22;1-11(2)14-9-13(10-15(12(3)4)16(14)17)25-28(23,24)8-6-7-27(21,22)18-26(5,19)20;1-25(18,19)16-26(20,21)12-5-13-27(22,23)24-15-8-6-14(7-9-15)17-10-3-2-4-11-17;1-16(12,13)10-17(14,15)9-5-8-11-6-3-2-4-7-11/h1-12,22H,13-14H2;2*1-12,21H,13-14H2;9-12H,6-8,17H2,1-5H3;6-9H,2-5,10-13H2,1H3;2-9H2,1H3/q3*+1;3*-1. The molecule has 2 aliphatic heterocycles. The van der Waals surface area contributed by atoms with Gasteiger partial charge in [-0.3, -0.25) is 0 Å². The summed E-state index contributed by atoms with van der Waals surface area (Å²) < 4.78 is 214. The van der Waals surface area contributed by atoms with Crippen molar-refractivity contribution < 1.29 is 101 Å². The second kappa shape index (κ2) is 50.5. The Morgan fingerprint density at radius 2 is 0.674 bits per heavy atom. The quantitative estimate of drug-likeness (QED) is 0.0124. The number of anilines is 2. The monoisotopic (exact) mass is 2140 g/mol. The number of nitrogen functional groups attached to an aromatic ring is 1. The Labute approximate surface area is 836 Å². The zero-order valence-electron chi connectivity index (χ0n) is 79.4. The Morgan fingerprint density at radius 3 is 0.986 bits per heavy atom. The summed E-state index contributed by atoms with van der Waals surface area (Å²) in [4.78, 5) is 20.2. The number of nitrogens with zero attached hydrogens (tertiary/aromatic N) is 5. The molecule has 758 valence electrons. The van der Waals surface area contributed by atoms with Crippen LogP contribution >= 0.6 is 31.4 Å². The summed E-state index contributed by atoms with van der Waals surface area (Å²) in [5.41, 5.74) is 12.1. The first-order chi connectivity index (χ1) is 66.8. The Bertz CT molecular complexity index is 7260. The number of sulfonamides is 6. The first-order valence-electron chi connectivity index (χ1n) is 45.7. The Hall–Kier alpha value is -9.93. The van der Waals surface area contributed by atoms with Crippen molar-refractivity contribution in [3.05, 3.63) is 295 Å². The lowest BCUT2D eigenvalue weighted by Crippen LogP contribution is -2.31. The highest BCUT2D eigenvalue weighted by atomic mass is 32.3. The lowest BCUT2D eigenvalue weighted by molar-refractivity contribution is 0.0433. The molecule has 2 saturated heterocycles. The minimum Gasteiger partial charge on any atom is -0.460 e. The summed E-state index contributed by atoms with van der Waals surface area (Å²) in [6.45, 7) is 12.6. The van der Waals surface area contributed by atoms with Crippen LogP contribution in [0.3, 0.4) is 0 Å². The zero-order chi connectivity index (χ0) is 102. The van der Waals surface area contributed by atoms with Gasteiger partial charge in [0.1, 0.15) is 18.1 Å². The van der Waals surface area contributed by atoms with E-state index in [9.17, 15) is 72.1 Å². The van der Waals surface area contributed by atoms with Gasteiger partial charge in [-0.2, -0.15) is 16.8 Å². The van der Waals surface area contributed by atoms with Gasteiger partial charge in [0.05, 0.1) is 83.8 Å². The molecule has 0 aliphatic carbocycles. The third-order valence-electron chi connectivity index (χ3n) is 22.4. The normalized spacial score (nSPS) is 13.6. The van der Waals surface area contributed by atoms with Crippen molar-refractivity contribution in [3.8, 4) is 26.2 Å². The van der Waals surface area contributed by atoms with Gasteiger partial charge in [-0.25, -0.2) is 55.3 Å². The van der Waals surface area contributed by atoms with Crippen LogP contribution in [0.1, 0.15) is 130 Å². The fraction of sp³-hybridized carbons (Fsp3) is 0.337. The summed E-state index contributed by atoms with van der Waals surface area (Å²) in [7, 11) is -32.6. The van der Waals surface area contributed by atoms with Crippen LogP contribution in [-0.2, 0) is 98.0 Å². The molecule has 0 radical (unpaired) electrons. The molecule has 0 unspecified atom stereocenters. The third-order valence-corrected chi connectivity index (χ3v) is 40.3. The highest BCUT2D eigenvalue weighted by Crippen LogP contribution is 2.51. The number of ether oxygens (including phenoxy) is 1. The second-order valence-corrected chi connectivity index (χ2v) is 54.5. The SMILES string of the molecule is CC(C)c1cc(OS(=O)(=O)CCCS(=O)(=O)[N-]S(C)(=O)=O)cc(C(C)C)c1N.CS(=O)(=O)[N-]S(=O)(=O)CCCN1CCCCC1.CS(=O)(=O)[N-]S(=O)(=O)CCCS(=O)(=O)Oc1ccc(N2CCCCC2)cc1.O=C(OCCO)c1ccc(-[s+]2c3ccccc3c3ccccc32)cc1.OCCc1ccc(-[s+]2c3ccccc3c3ccccc32)cc1.OCCc1ccc(-[s+]2c3ccccc3c3ccccc32)cc1. The number of nitrogens with two attached hydrogens (primary N) is 1. The fourth-order valence-corrected chi connectivity index (χ4v) is 33.1. The molecule has 0 saturated carbocycles. The number of fused-ring (bicyclic) bond motifs is 9. The van der Waals surface area contributed by atoms with E-state index >= 15 is 0 Å². The van der Waals surface area contributed by atoms with E-state index in [0.717, 1.165) is 87.8 Å². The van der Waals surface area contributed by atoms with Crippen LogP contribution in [0.15, 0.2) is 255 Å². The first-order valence-corrected chi connectivity index (χ1v) is 62.9. The van der Waals surface area contributed by atoms with Gasteiger partial charge in [-0.1, -0.05) is 131 Å². The van der Waals surface area contributed by atoms with Gasteiger partial charge in [-0.15, -0.1) is 0 Å². The smallest absolute Gasteiger partial charge is 0.338 e. The molecular weight excluding hydrogens is 2020 g/mol. The molecule has 29 nitrogen and oxygen atoms in total. The zero-order valence-corrected chi connectivity index (χ0v) is 88.4. The van der Waals surface area contributed by atoms with E-state index in [0.29, 0.717) is 36.7 Å². The molecule has 3 aromatic heterocycles. The number of esters is 1. The predicted molar refractivity (Wildman–Crippen MR) is 575 cm³/mol. The lowest BCUT2D eigenvalue weighted by atomic mass is 9.92. The number of hydrogen-bond acceptors (Lipinski definition) is 26. The summed E-state index contributed by atoms with van der Waals surface area (Å²) in [5, 5.41) is 34.9. The van der Waals surface area contributed by atoms with E-state index < -0.39 is 109 Å². The van der Waals surface area contributed by atoms with E-state index in [2.05, 4.69) is 216 Å². The number of carbonyl (C=O) groups excluding carboxylic acids is 1. The Kier molecular flexibility index (Phi) is 39.9. The molecule has 5 N–H and O–H groups in total. The third kappa shape index (κ3) is 33.3. The highest BCUT2D eigenvalue weighted by molar-refractivity contribution is 8.12. The minimum absolute atomic E-state index is 0.0153. The number of rotatable bonds is 35. The van der Waals surface area contributed by atoms with Crippen LogP contribution in [0.25, 0.3) is 87.6 Å². The predicted octanol–water partition coefficient (Wildman–Crippen LogP) is 19.7. The molecule has 0 bridgehead atoms. The number of hydrogen-bond donors (Lipinski definition) is 4. The summed E-state index contributed by atoms with van der Waals surface area (Å²) >= 11 is 0. The van der Waals surface area contributed by atoms with Gasteiger partial charge in [0.2, 0.25) is 0 Å². The fourth-order valence-electron chi connectivity index (χ4n) is 16.2. The summed E-state index contributed by atoms with van der Waals surface area (Å²) in [6, 6.07) is 86.7. The molecule has 0 spiro atoms. The van der Waals surface area contributed by atoms with Crippen molar-refractivity contribution in [2.75, 3.05) is 117 Å². The lowest BCUT2D eigenvalue weighted by Gasteiger charge is -2.28. The maximum Gasteiger partial charge on any atom is 0.338 e. The number of thiophene rings is 3. The van der Waals surface area contributed by atoms with Crippen molar-refractivity contribution in [3.63, 3.8) is 0 Å². The van der Waals surface area contributed by atoms with Crippen LogP contribution in [0.2, 0.25) is 0 Å². The topological polar surface area (TPSA) is 453 Å². The highest BCUT2D eigenvalue weighted by Gasteiger charge is 2.29. The first kappa shape index (κ1) is 111. The van der Waals surface area contributed by atoms with Crippen LogP contribution in [0.5, 0.6) is 11.5 Å². The molecule has 14 aromatic rings. The molecule has 0 amide bonds. The minimum atomic E-state index is -4.28. The average Bonchev–Trinajstić information content (AvgIpc) is 1.61. The molecule has 16 rings (SSSR count). The maximum absolute atomic E-state index is 12.2. The number of piperidine rings is 2. The maximum atomic E-state index is 12.2. The van der Waals surface area contributed by atoms with Crippen LogP contribution in [0, 0.1) is 0 Å². The van der Waals surface area contributed by atoms with Crippen LogP contribution in [0.4, 0.5) is 11.4 Å². The van der Waals surface area contributed by atoms with Crippen molar-refractivity contribution in [2.45, 2.75) is 110 Å². The number of benzene rings is 11. The summed E-state index contributed by atoms with van der Waals surface area (Å²) in [6.07, 6.45) is 10.3. The molecular formula is C101H120N6O23S11. The largest absolute Gasteiger partial charge is 0.460 e. The van der Waals surface area contributed by atoms with E-state index in [-0.39, 0.29) is 99.8 Å². The van der Waals surface area contributed by atoms with E-state index in [1.54, 1.807) is 48.5 Å². The Morgan fingerprint density at radius 1 is 0.369 bits per heavy atom. The van der Waals surface area contributed by atoms with E-state index in [4.69, 9.17) is 34.2 Å². The number of aliphatic hydroxyl groups excluding tert-OH is 3. The van der Waals surface area contributed by atoms with Gasteiger partial charge < -0.3 is 56.3 Å². The molecule has 0 atom stereocenters. The van der Waals surface area contributed by atoms with Gasteiger partial charge in [0, 0.05) is 137 Å². The van der Waals surface area contributed by atoms with Gasteiger partial charge >= 0.3 is 26.2 Å². The number of aliphatic hydroxyl groups is 3. The average molecular weight is 2140 g/mol. The van der Waals surface area contributed by atoms with E-state index in [1.165, 1.54) is 99.2 Å². The summed E-state index contributed by atoms with van der Waals surface area (Å²) in [5.74, 6) is -2.87. The van der Waals surface area contributed by atoms with Crippen LogP contribution in [-0.4, -0.2) is 200 Å².